The average molecular weight is 842 g/mol. The molecule has 292 valence electrons. The van der Waals surface area contributed by atoms with Gasteiger partial charge in [0.1, 0.15) is 29.7 Å². The van der Waals surface area contributed by atoms with Gasteiger partial charge >= 0.3 is 0 Å². The van der Waals surface area contributed by atoms with Gasteiger partial charge in [0.15, 0.2) is 0 Å². The van der Waals surface area contributed by atoms with Crippen LogP contribution in [0.5, 0.6) is 11.5 Å². The summed E-state index contributed by atoms with van der Waals surface area (Å²) in [6, 6.07) is 37.2. The van der Waals surface area contributed by atoms with Gasteiger partial charge < -0.3 is 26.5 Å². The molecule has 0 unspecified atom stereocenters. The molecule has 0 spiro atoms. The average Bonchev–Trinajstić information content (AvgIpc) is 3.69. The second-order valence-electron chi connectivity index (χ2n) is 13.9. The summed E-state index contributed by atoms with van der Waals surface area (Å²) in [6.45, 7) is 1.03. The number of imide groups is 1. The standard InChI is InChI=1S/C47H39F2N4O4.BrH/c1-56-37-18-13-33(14-19-37)43(34-15-20-38(57-2)21-16-34)26-31-8-10-32(11-9-31)39-22-23-42-45-40(39)6-5-7-41(45)46(54)53(47(42)55)25-4-3-24-52-30-51(29-50-52)28-35-12-17-36(48)27-44(35)49;/h5-23,26-27,29-30H,3-4,24-25,28H2,1-2H3;1H/q+1;/p-1. The molecule has 2 heterocycles. The molecule has 0 N–H and O–H groups in total. The van der Waals surface area contributed by atoms with E-state index >= 15 is 0 Å². The molecule has 0 aliphatic carbocycles. The van der Waals surface area contributed by atoms with Crippen LogP contribution in [0.3, 0.4) is 0 Å². The molecule has 0 radical (unpaired) electrons. The number of halogens is 3. The quantitative estimate of drug-likeness (QED) is 0.0617. The molecule has 0 saturated carbocycles. The molecule has 0 fully saturated rings. The molecule has 11 heteroatoms. The predicted molar refractivity (Wildman–Crippen MR) is 215 cm³/mol. The Morgan fingerprint density at radius 1 is 0.724 bits per heavy atom. The van der Waals surface area contributed by atoms with Crippen LogP contribution in [0, 0.1) is 11.6 Å². The first-order valence-corrected chi connectivity index (χ1v) is 18.7. The number of rotatable bonds is 13. The van der Waals surface area contributed by atoms with Gasteiger partial charge in [-0.2, -0.15) is 0 Å². The Morgan fingerprint density at radius 2 is 1.34 bits per heavy atom. The highest BCUT2D eigenvalue weighted by molar-refractivity contribution is 6.27. The minimum Gasteiger partial charge on any atom is -1.00 e. The summed E-state index contributed by atoms with van der Waals surface area (Å²) < 4.78 is 41.6. The second-order valence-corrected chi connectivity index (χ2v) is 13.9. The van der Waals surface area contributed by atoms with Crippen LogP contribution in [0.25, 0.3) is 33.5 Å². The lowest BCUT2D eigenvalue weighted by Crippen LogP contribution is -3.00. The summed E-state index contributed by atoms with van der Waals surface area (Å²) in [6.07, 6.45) is 6.72. The van der Waals surface area contributed by atoms with Gasteiger partial charge in [-0.25, -0.2) is 13.3 Å². The van der Waals surface area contributed by atoms with E-state index in [2.05, 4.69) is 35.4 Å². The molecular weight excluding hydrogens is 802 g/mol. The van der Waals surface area contributed by atoms with Crippen molar-refractivity contribution >= 4 is 34.2 Å². The second kappa shape index (κ2) is 17.4. The fourth-order valence-corrected chi connectivity index (χ4v) is 7.35. The van der Waals surface area contributed by atoms with Crippen molar-refractivity contribution in [3.63, 3.8) is 0 Å². The number of aryl methyl sites for hydroxylation is 1. The van der Waals surface area contributed by atoms with E-state index in [0.717, 1.165) is 56.3 Å². The Balaban J connectivity index is 0.00000512. The first-order valence-electron chi connectivity index (χ1n) is 18.7. The van der Waals surface area contributed by atoms with Crippen molar-refractivity contribution in [2.24, 2.45) is 0 Å². The molecule has 0 saturated heterocycles. The monoisotopic (exact) mass is 840 g/mol. The largest absolute Gasteiger partial charge is 1.00 e. The highest BCUT2D eigenvalue weighted by atomic mass is 79.9. The molecule has 2 amide bonds. The zero-order chi connectivity index (χ0) is 39.5. The fraction of sp³-hybridized carbons (Fsp3) is 0.149. The van der Waals surface area contributed by atoms with Crippen molar-refractivity contribution in [2.45, 2.75) is 25.9 Å². The van der Waals surface area contributed by atoms with E-state index < -0.39 is 11.6 Å². The first-order chi connectivity index (χ1) is 27.8. The van der Waals surface area contributed by atoms with Crippen molar-refractivity contribution in [3.8, 4) is 22.6 Å². The Hall–Kier alpha value is -6.46. The number of ether oxygens (including phenoxy) is 2. The highest BCUT2D eigenvalue weighted by Gasteiger charge is 2.33. The Kier molecular flexibility index (Phi) is 11.9. The van der Waals surface area contributed by atoms with Gasteiger partial charge in [-0.15, -0.1) is 4.68 Å². The van der Waals surface area contributed by atoms with Gasteiger partial charge in [0, 0.05) is 39.8 Å². The lowest BCUT2D eigenvalue weighted by Gasteiger charge is -2.27. The fourth-order valence-electron chi connectivity index (χ4n) is 7.35. The first kappa shape index (κ1) is 39.8. The van der Waals surface area contributed by atoms with E-state index in [1.165, 1.54) is 17.0 Å². The van der Waals surface area contributed by atoms with Crippen molar-refractivity contribution in [1.82, 2.24) is 14.7 Å². The number of aromatic nitrogens is 3. The Bertz CT molecular complexity index is 2570. The van der Waals surface area contributed by atoms with Gasteiger partial charge in [0.25, 0.3) is 18.1 Å². The molecule has 7 aromatic rings. The third-order valence-electron chi connectivity index (χ3n) is 10.3. The predicted octanol–water partition coefficient (Wildman–Crippen LogP) is 6.00. The van der Waals surface area contributed by atoms with E-state index in [-0.39, 0.29) is 41.9 Å². The lowest BCUT2D eigenvalue weighted by atomic mass is 9.88. The van der Waals surface area contributed by atoms with Gasteiger partial charge in [-0.1, -0.05) is 66.7 Å². The maximum atomic E-state index is 14.1. The SMILES string of the molecule is COc1ccc(C(=Cc2ccc(-c3ccc4c5c(cccc35)C(=O)N(CCCCn3c[n+](Cc5ccc(F)cc5F)cn3)C4=O)cc2)c2ccc(OC)cc2)cc1.[Br-]. The zero-order valence-electron chi connectivity index (χ0n) is 31.9. The molecule has 6 aromatic carbocycles. The topological polar surface area (TPSA) is 77.5 Å². The number of methoxy groups -OCH3 is 2. The molecule has 0 atom stereocenters. The number of carbonyl (C=O) groups is 2. The number of amides is 2. The number of hydrogen-bond donors (Lipinski definition) is 0. The van der Waals surface area contributed by atoms with Crippen molar-refractivity contribution < 1.29 is 49.4 Å². The van der Waals surface area contributed by atoms with Crippen LogP contribution in [0.1, 0.15) is 55.8 Å². The van der Waals surface area contributed by atoms with E-state index in [1.54, 1.807) is 42.2 Å². The van der Waals surface area contributed by atoms with Crippen LogP contribution in [-0.2, 0) is 13.1 Å². The highest BCUT2D eigenvalue weighted by Crippen LogP contribution is 2.37. The van der Waals surface area contributed by atoms with Crippen LogP contribution >= 0.6 is 0 Å². The van der Waals surface area contributed by atoms with E-state index in [4.69, 9.17) is 9.47 Å². The van der Waals surface area contributed by atoms with Crippen LogP contribution in [0.2, 0.25) is 0 Å². The van der Waals surface area contributed by atoms with Crippen LogP contribution < -0.4 is 31.0 Å². The molecule has 8 rings (SSSR count). The molecule has 1 aliphatic heterocycles. The van der Waals surface area contributed by atoms with Crippen molar-refractivity contribution in [3.05, 3.63) is 179 Å². The number of benzene rings is 6. The number of unbranched alkanes of at least 4 members (excludes halogenated alkanes) is 1. The third-order valence-corrected chi connectivity index (χ3v) is 10.3. The van der Waals surface area contributed by atoms with Gasteiger partial charge in [-0.3, -0.25) is 14.5 Å². The molecule has 0 bridgehead atoms. The van der Waals surface area contributed by atoms with Crippen LogP contribution in [0.15, 0.2) is 134 Å². The number of carbonyl (C=O) groups excluding carboxylic acids is 2. The minimum atomic E-state index is -0.620. The third kappa shape index (κ3) is 8.17. The van der Waals surface area contributed by atoms with Crippen molar-refractivity contribution in [1.29, 1.82) is 0 Å². The van der Waals surface area contributed by atoms with E-state index in [0.29, 0.717) is 41.5 Å². The summed E-state index contributed by atoms with van der Waals surface area (Å²) in [5, 5.41) is 5.86. The van der Waals surface area contributed by atoms with Gasteiger partial charge in [-0.05, 0) is 106 Å². The minimum absolute atomic E-state index is 0. The van der Waals surface area contributed by atoms with Crippen molar-refractivity contribution in [2.75, 3.05) is 20.8 Å². The van der Waals surface area contributed by atoms with E-state index in [1.807, 2.05) is 72.8 Å². The van der Waals surface area contributed by atoms with Gasteiger partial charge in [0.2, 0.25) is 6.33 Å². The molecular formula is C47H39BrF2N4O4. The zero-order valence-corrected chi connectivity index (χ0v) is 33.5. The molecule has 1 aliphatic rings. The summed E-state index contributed by atoms with van der Waals surface area (Å²) in [5.41, 5.74) is 7.42. The maximum absolute atomic E-state index is 14.1. The number of hydrogen-bond acceptors (Lipinski definition) is 5. The van der Waals surface area contributed by atoms with Gasteiger partial charge in [0.05, 0.1) is 20.8 Å². The van der Waals surface area contributed by atoms with Crippen LogP contribution in [0.4, 0.5) is 8.78 Å². The molecule has 8 nitrogen and oxygen atoms in total. The van der Waals surface area contributed by atoms with E-state index in [9.17, 15) is 18.4 Å². The van der Waals surface area contributed by atoms with Crippen LogP contribution in [-0.4, -0.2) is 47.3 Å². The molecule has 1 aromatic heterocycles. The molecule has 58 heavy (non-hydrogen) atoms. The maximum Gasteiger partial charge on any atom is 0.265 e. The summed E-state index contributed by atoms with van der Waals surface area (Å²) in [7, 11) is 3.31. The lowest BCUT2D eigenvalue weighted by molar-refractivity contribution is -0.689. The Morgan fingerprint density at radius 3 is 1.98 bits per heavy atom. The summed E-state index contributed by atoms with van der Waals surface area (Å²) >= 11 is 0. The Labute approximate surface area is 345 Å². The normalized spacial score (nSPS) is 12.0. The summed E-state index contributed by atoms with van der Waals surface area (Å²) in [5.74, 6) is -0.273. The summed E-state index contributed by atoms with van der Waals surface area (Å²) in [4.78, 5) is 29.0. The smallest absolute Gasteiger partial charge is 0.265 e. The number of nitrogens with zero attached hydrogens (tertiary/aromatic N) is 4.